The molecule has 0 radical (unpaired) electrons. The first-order valence-electron chi connectivity index (χ1n) is 12.7. The van der Waals surface area contributed by atoms with Crippen LogP contribution in [0.2, 0.25) is 0 Å². The van der Waals surface area contributed by atoms with Gasteiger partial charge in [-0.2, -0.15) is 0 Å². The quantitative estimate of drug-likeness (QED) is 0.389. The zero-order valence-corrected chi connectivity index (χ0v) is 21.4. The summed E-state index contributed by atoms with van der Waals surface area (Å²) in [7, 11) is 1.16. The van der Waals surface area contributed by atoms with Crippen molar-refractivity contribution in [2.75, 3.05) is 33.4 Å². The standard InChI is InChI=1S/C29H29N3O7/c1-39-23(35)18-31-26(36)24-21(13-12-19-8-4-2-5-9-19)32-22(34)17-30(14-15-33)28(38)29(32,25(24)27(31)37)16-20-10-6-3-7-11-20/h2-13,21,24-25,33H,14-18H2,1H3/b13-12+/t21-,24+,25-,29-/m1/s1. The number of nitrogens with zero attached hydrogens (tertiary/aromatic N) is 3. The number of esters is 1. The molecular formula is C29H29N3O7. The minimum absolute atomic E-state index is 0.0116. The number of aliphatic hydroxyl groups excluding tert-OH is 1. The predicted molar refractivity (Wildman–Crippen MR) is 138 cm³/mol. The molecule has 4 atom stereocenters. The molecule has 3 fully saturated rings. The smallest absolute Gasteiger partial charge is 0.325 e. The van der Waals surface area contributed by atoms with Crippen molar-refractivity contribution in [3.8, 4) is 0 Å². The Bertz CT molecular complexity index is 1330. The lowest BCUT2D eigenvalue weighted by Crippen LogP contribution is -2.71. The molecule has 2 aromatic rings. The Morgan fingerprint density at radius 2 is 1.69 bits per heavy atom. The van der Waals surface area contributed by atoms with Crippen LogP contribution in [0.1, 0.15) is 11.1 Å². The van der Waals surface area contributed by atoms with E-state index in [0.29, 0.717) is 5.56 Å². The first kappa shape index (κ1) is 26.3. The van der Waals surface area contributed by atoms with E-state index >= 15 is 0 Å². The van der Waals surface area contributed by atoms with Gasteiger partial charge in [-0.15, -0.1) is 0 Å². The predicted octanol–water partition coefficient (Wildman–Crippen LogP) is 0.501. The van der Waals surface area contributed by atoms with Gasteiger partial charge in [-0.1, -0.05) is 72.8 Å². The molecule has 0 unspecified atom stereocenters. The number of β-amino-alcohol motifs (C(OH)–C–C–N with tert-alkyl or cyclic N) is 1. The van der Waals surface area contributed by atoms with Gasteiger partial charge in [0.25, 0.3) is 0 Å². The summed E-state index contributed by atoms with van der Waals surface area (Å²) in [5, 5.41) is 9.64. The average molecular weight is 532 g/mol. The maximum atomic E-state index is 14.3. The number of methoxy groups -OCH3 is 1. The van der Waals surface area contributed by atoms with Crippen LogP contribution >= 0.6 is 0 Å². The fourth-order valence-electron chi connectivity index (χ4n) is 6.19. The van der Waals surface area contributed by atoms with Crippen LogP contribution < -0.4 is 0 Å². The minimum Gasteiger partial charge on any atom is -0.468 e. The topological polar surface area (TPSA) is 125 Å². The van der Waals surface area contributed by atoms with E-state index in [1.54, 1.807) is 36.4 Å². The number of likely N-dealkylation sites (tertiary alicyclic amines) is 1. The first-order valence-corrected chi connectivity index (χ1v) is 12.7. The molecule has 2 aromatic carbocycles. The van der Waals surface area contributed by atoms with Crippen LogP contribution in [0, 0.1) is 11.8 Å². The van der Waals surface area contributed by atoms with Crippen LogP contribution in [0.4, 0.5) is 0 Å². The molecule has 10 heteroatoms. The van der Waals surface area contributed by atoms with Gasteiger partial charge in [-0.05, 0) is 11.1 Å². The number of rotatable bonds is 8. The monoisotopic (exact) mass is 531 g/mol. The summed E-state index contributed by atoms with van der Waals surface area (Å²) >= 11 is 0. The van der Waals surface area contributed by atoms with Gasteiger partial charge in [-0.25, -0.2) is 0 Å². The zero-order chi connectivity index (χ0) is 27.7. The number of carbonyl (C=O) groups is 5. The number of hydrogen-bond donors (Lipinski definition) is 1. The van der Waals surface area contributed by atoms with Gasteiger partial charge in [0, 0.05) is 13.0 Å². The molecular weight excluding hydrogens is 502 g/mol. The number of benzene rings is 2. The van der Waals surface area contributed by atoms with E-state index in [-0.39, 0.29) is 26.1 Å². The lowest BCUT2D eigenvalue weighted by Gasteiger charge is -2.48. The van der Waals surface area contributed by atoms with E-state index in [2.05, 4.69) is 0 Å². The average Bonchev–Trinajstić information content (AvgIpc) is 3.37. The summed E-state index contributed by atoms with van der Waals surface area (Å²) < 4.78 is 4.71. The van der Waals surface area contributed by atoms with Gasteiger partial charge in [-0.3, -0.25) is 28.9 Å². The Balaban J connectivity index is 1.69. The zero-order valence-electron chi connectivity index (χ0n) is 21.4. The molecule has 39 heavy (non-hydrogen) atoms. The maximum Gasteiger partial charge on any atom is 0.325 e. The number of hydrogen-bond acceptors (Lipinski definition) is 7. The molecule has 3 saturated heterocycles. The highest BCUT2D eigenvalue weighted by molar-refractivity contribution is 6.14. The van der Waals surface area contributed by atoms with E-state index in [9.17, 15) is 29.1 Å². The molecule has 1 N–H and O–H groups in total. The number of imide groups is 1. The molecule has 5 rings (SSSR count). The molecule has 3 heterocycles. The lowest BCUT2D eigenvalue weighted by molar-refractivity contribution is -0.169. The second-order valence-corrected chi connectivity index (χ2v) is 9.90. The number of fused-ring (bicyclic) bond motifs is 3. The Morgan fingerprint density at radius 3 is 2.33 bits per heavy atom. The van der Waals surface area contributed by atoms with Crippen molar-refractivity contribution in [1.82, 2.24) is 14.7 Å². The SMILES string of the molecule is COC(=O)CN1C(=O)[C@H]2[C@@H](/C=C/c3ccccc3)N3C(=O)CN(CCO)C(=O)[C@@]3(Cc3ccccc3)[C@H]2C1=O. The number of carbonyl (C=O) groups excluding carboxylic acids is 5. The molecule has 0 spiro atoms. The molecule has 202 valence electrons. The van der Waals surface area contributed by atoms with Gasteiger partial charge in [0.05, 0.1) is 38.1 Å². The summed E-state index contributed by atoms with van der Waals surface area (Å²) in [6.07, 6.45) is 3.45. The first-order chi connectivity index (χ1) is 18.8. The fraction of sp³-hybridized carbons (Fsp3) is 0.345. The van der Waals surface area contributed by atoms with Crippen molar-refractivity contribution in [2.45, 2.75) is 18.0 Å². The van der Waals surface area contributed by atoms with Crippen LogP contribution in [0.15, 0.2) is 66.7 Å². The number of amides is 4. The van der Waals surface area contributed by atoms with E-state index in [1.807, 2.05) is 36.4 Å². The van der Waals surface area contributed by atoms with Crippen LogP contribution in [0.5, 0.6) is 0 Å². The molecule has 0 bridgehead atoms. The maximum absolute atomic E-state index is 14.3. The van der Waals surface area contributed by atoms with E-state index in [4.69, 9.17) is 4.74 Å². The molecule has 4 amide bonds. The van der Waals surface area contributed by atoms with Crippen LogP contribution in [-0.2, 0) is 35.1 Å². The molecule has 3 aliphatic heterocycles. The normalized spacial score (nSPS) is 26.4. The third-order valence-electron chi connectivity index (χ3n) is 7.79. The summed E-state index contributed by atoms with van der Waals surface area (Å²) in [5.74, 6) is -5.32. The second-order valence-electron chi connectivity index (χ2n) is 9.90. The Morgan fingerprint density at radius 1 is 1.03 bits per heavy atom. The largest absolute Gasteiger partial charge is 0.468 e. The van der Waals surface area contributed by atoms with Gasteiger partial charge in [0.2, 0.25) is 23.6 Å². The van der Waals surface area contributed by atoms with Crippen LogP contribution in [-0.4, -0.2) is 94.3 Å². The van der Waals surface area contributed by atoms with E-state index in [1.165, 1.54) is 9.80 Å². The second kappa shape index (κ2) is 10.5. The van der Waals surface area contributed by atoms with Crippen LogP contribution in [0.3, 0.4) is 0 Å². The Labute approximate surface area is 225 Å². The number of ether oxygens (including phenoxy) is 1. The molecule has 10 nitrogen and oxygen atoms in total. The van der Waals surface area contributed by atoms with Gasteiger partial charge in [0.1, 0.15) is 12.1 Å². The molecule has 0 saturated carbocycles. The Kier molecular flexibility index (Phi) is 7.05. The van der Waals surface area contributed by atoms with E-state index in [0.717, 1.165) is 17.6 Å². The molecule has 0 aliphatic carbocycles. The summed E-state index contributed by atoms with van der Waals surface area (Å²) in [5.41, 5.74) is -0.206. The van der Waals surface area contributed by atoms with Gasteiger partial charge in [0.15, 0.2) is 0 Å². The van der Waals surface area contributed by atoms with Crippen molar-refractivity contribution in [1.29, 1.82) is 0 Å². The van der Waals surface area contributed by atoms with Gasteiger partial charge < -0.3 is 19.6 Å². The van der Waals surface area contributed by atoms with Crippen molar-refractivity contribution < 1.29 is 33.8 Å². The summed E-state index contributed by atoms with van der Waals surface area (Å²) in [6.45, 7) is -1.32. The van der Waals surface area contributed by atoms with Crippen molar-refractivity contribution >= 4 is 35.7 Å². The fourth-order valence-corrected chi connectivity index (χ4v) is 6.19. The summed E-state index contributed by atoms with van der Waals surface area (Å²) in [6, 6.07) is 17.4. The third-order valence-corrected chi connectivity index (χ3v) is 7.79. The van der Waals surface area contributed by atoms with Gasteiger partial charge >= 0.3 is 5.97 Å². The van der Waals surface area contributed by atoms with Crippen molar-refractivity contribution in [2.24, 2.45) is 11.8 Å². The highest BCUT2D eigenvalue weighted by Gasteiger charge is 2.74. The summed E-state index contributed by atoms with van der Waals surface area (Å²) in [4.78, 5) is 71.5. The van der Waals surface area contributed by atoms with E-state index < -0.39 is 59.6 Å². The number of piperazine rings is 1. The highest BCUT2D eigenvalue weighted by Crippen LogP contribution is 2.53. The number of aliphatic hydroxyl groups is 1. The van der Waals surface area contributed by atoms with Crippen molar-refractivity contribution in [3.05, 3.63) is 77.9 Å². The third kappa shape index (κ3) is 4.30. The molecule has 3 aliphatic rings. The lowest BCUT2D eigenvalue weighted by atomic mass is 9.74. The van der Waals surface area contributed by atoms with Crippen molar-refractivity contribution in [3.63, 3.8) is 0 Å². The minimum atomic E-state index is -1.72. The highest BCUT2D eigenvalue weighted by atomic mass is 16.5. The Hall–Kier alpha value is -4.31. The van der Waals surface area contributed by atoms with Crippen LogP contribution in [0.25, 0.3) is 6.08 Å². The molecule has 0 aromatic heterocycles.